The van der Waals surface area contributed by atoms with Gasteiger partial charge in [0.1, 0.15) is 5.75 Å². The Hall–Kier alpha value is -2.82. The normalized spacial score (nSPS) is 11.3. The SMILES string of the molecule is CC(C)Oc1cccc(C(=O)O/N=C(/N)c2ccccc2)c1. The molecule has 5 heteroatoms. The molecule has 0 bridgehead atoms. The Morgan fingerprint density at radius 2 is 1.73 bits per heavy atom. The molecule has 0 saturated carbocycles. The maximum absolute atomic E-state index is 12.0. The molecule has 0 fully saturated rings. The second-order valence-corrected chi connectivity index (χ2v) is 4.92. The number of carbonyl (C=O) groups excluding carboxylic acids is 1. The van der Waals surface area contributed by atoms with Gasteiger partial charge >= 0.3 is 5.97 Å². The smallest absolute Gasteiger partial charge is 0.365 e. The lowest BCUT2D eigenvalue weighted by Gasteiger charge is -2.10. The Morgan fingerprint density at radius 1 is 1.05 bits per heavy atom. The minimum Gasteiger partial charge on any atom is -0.491 e. The molecule has 0 spiro atoms. The van der Waals surface area contributed by atoms with Crippen LogP contribution in [0.1, 0.15) is 29.8 Å². The molecule has 0 unspecified atom stereocenters. The molecular weight excluding hydrogens is 280 g/mol. The molecule has 2 aromatic carbocycles. The summed E-state index contributed by atoms with van der Waals surface area (Å²) < 4.78 is 5.53. The molecule has 114 valence electrons. The van der Waals surface area contributed by atoms with E-state index in [1.165, 1.54) is 0 Å². The minimum atomic E-state index is -0.590. The van der Waals surface area contributed by atoms with Gasteiger partial charge in [0.2, 0.25) is 0 Å². The Morgan fingerprint density at radius 3 is 2.41 bits per heavy atom. The van der Waals surface area contributed by atoms with Gasteiger partial charge in [-0.1, -0.05) is 41.6 Å². The monoisotopic (exact) mass is 298 g/mol. The van der Waals surface area contributed by atoms with Crippen molar-refractivity contribution < 1.29 is 14.4 Å². The van der Waals surface area contributed by atoms with E-state index < -0.39 is 5.97 Å². The second kappa shape index (κ2) is 7.26. The van der Waals surface area contributed by atoms with Gasteiger partial charge in [-0.3, -0.25) is 0 Å². The van der Waals surface area contributed by atoms with Crippen LogP contribution in [-0.2, 0) is 4.84 Å². The molecule has 5 nitrogen and oxygen atoms in total. The van der Waals surface area contributed by atoms with E-state index in [0.29, 0.717) is 16.9 Å². The van der Waals surface area contributed by atoms with Crippen molar-refractivity contribution in [1.29, 1.82) is 0 Å². The second-order valence-electron chi connectivity index (χ2n) is 4.92. The number of amidine groups is 1. The Labute approximate surface area is 129 Å². The van der Waals surface area contributed by atoms with Crippen LogP contribution >= 0.6 is 0 Å². The summed E-state index contributed by atoms with van der Waals surface area (Å²) >= 11 is 0. The maximum Gasteiger partial charge on any atom is 0.365 e. The number of rotatable bonds is 5. The number of carbonyl (C=O) groups is 1. The van der Waals surface area contributed by atoms with Crippen molar-refractivity contribution in [1.82, 2.24) is 0 Å². The predicted molar refractivity (Wildman–Crippen MR) is 84.8 cm³/mol. The summed E-state index contributed by atoms with van der Waals surface area (Å²) in [5.41, 5.74) is 6.80. The zero-order valence-electron chi connectivity index (χ0n) is 12.5. The van der Waals surface area contributed by atoms with Gasteiger partial charge in [-0.2, -0.15) is 0 Å². The van der Waals surface area contributed by atoms with Gasteiger partial charge in [-0.15, -0.1) is 0 Å². The third-order valence-electron chi connectivity index (χ3n) is 2.74. The topological polar surface area (TPSA) is 73.9 Å². The largest absolute Gasteiger partial charge is 0.491 e. The van der Waals surface area contributed by atoms with Crippen molar-refractivity contribution in [2.24, 2.45) is 10.9 Å². The van der Waals surface area contributed by atoms with E-state index in [1.807, 2.05) is 32.0 Å². The van der Waals surface area contributed by atoms with Crippen molar-refractivity contribution in [3.63, 3.8) is 0 Å². The Balaban J connectivity index is 2.06. The highest BCUT2D eigenvalue weighted by Crippen LogP contribution is 2.15. The van der Waals surface area contributed by atoms with E-state index in [-0.39, 0.29) is 11.9 Å². The molecule has 0 aromatic heterocycles. The van der Waals surface area contributed by atoms with Gasteiger partial charge in [-0.05, 0) is 32.0 Å². The van der Waals surface area contributed by atoms with E-state index in [9.17, 15) is 4.79 Å². The number of nitrogens with zero attached hydrogens (tertiary/aromatic N) is 1. The number of benzene rings is 2. The van der Waals surface area contributed by atoms with Crippen LogP contribution in [0.4, 0.5) is 0 Å². The number of oxime groups is 1. The van der Waals surface area contributed by atoms with Crippen molar-refractivity contribution >= 4 is 11.8 Å². The molecule has 22 heavy (non-hydrogen) atoms. The first-order valence-corrected chi connectivity index (χ1v) is 6.93. The van der Waals surface area contributed by atoms with Gasteiger partial charge in [0, 0.05) is 5.56 Å². The molecule has 2 rings (SSSR count). The first-order chi connectivity index (χ1) is 10.6. The van der Waals surface area contributed by atoms with E-state index in [4.69, 9.17) is 15.3 Å². The first-order valence-electron chi connectivity index (χ1n) is 6.93. The van der Waals surface area contributed by atoms with Crippen molar-refractivity contribution in [2.75, 3.05) is 0 Å². The summed E-state index contributed by atoms with van der Waals surface area (Å²) in [6.07, 6.45) is 0.0259. The summed E-state index contributed by atoms with van der Waals surface area (Å²) in [5.74, 6) is 0.154. The fraction of sp³-hybridized carbons (Fsp3) is 0.176. The van der Waals surface area contributed by atoms with Crippen LogP contribution in [0.2, 0.25) is 0 Å². The van der Waals surface area contributed by atoms with Gasteiger partial charge < -0.3 is 15.3 Å². The lowest BCUT2D eigenvalue weighted by molar-refractivity contribution is 0.0515. The van der Waals surface area contributed by atoms with Crippen LogP contribution in [-0.4, -0.2) is 17.9 Å². The summed E-state index contributed by atoms with van der Waals surface area (Å²) in [5, 5.41) is 3.67. The molecule has 0 aliphatic carbocycles. The fourth-order valence-electron chi connectivity index (χ4n) is 1.77. The highest BCUT2D eigenvalue weighted by Gasteiger charge is 2.10. The van der Waals surface area contributed by atoms with Crippen molar-refractivity contribution in [2.45, 2.75) is 20.0 Å². The van der Waals surface area contributed by atoms with Crippen molar-refractivity contribution in [3.8, 4) is 5.75 Å². The molecule has 2 aromatic rings. The van der Waals surface area contributed by atoms with Crippen LogP contribution < -0.4 is 10.5 Å². The quantitative estimate of drug-likeness (QED) is 0.398. The number of nitrogens with two attached hydrogens (primary N) is 1. The summed E-state index contributed by atoms with van der Waals surface area (Å²) in [7, 11) is 0. The van der Waals surface area contributed by atoms with E-state index in [1.54, 1.807) is 36.4 Å². The van der Waals surface area contributed by atoms with Crippen molar-refractivity contribution in [3.05, 3.63) is 65.7 Å². The molecule has 0 amide bonds. The Bertz CT molecular complexity index is 667. The standard InChI is InChI=1S/C17H18N2O3/c1-12(2)21-15-10-6-9-14(11-15)17(20)22-19-16(18)13-7-4-3-5-8-13/h3-12H,1-2H3,(H2,18,19). The molecule has 0 radical (unpaired) electrons. The summed E-state index contributed by atoms with van der Waals surface area (Å²) in [6, 6.07) is 15.8. The van der Waals surface area contributed by atoms with E-state index >= 15 is 0 Å². The zero-order valence-corrected chi connectivity index (χ0v) is 12.5. The fourth-order valence-corrected chi connectivity index (χ4v) is 1.77. The average molecular weight is 298 g/mol. The third-order valence-corrected chi connectivity index (χ3v) is 2.74. The molecule has 0 heterocycles. The average Bonchev–Trinajstić information content (AvgIpc) is 2.52. The van der Waals surface area contributed by atoms with E-state index in [2.05, 4.69) is 5.16 Å². The molecule has 0 aliphatic heterocycles. The summed E-state index contributed by atoms with van der Waals surface area (Å²) in [4.78, 5) is 16.9. The molecule has 2 N–H and O–H groups in total. The maximum atomic E-state index is 12.0. The lowest BCUT2D eigenvalue weighted by Crippen LogP contribution is -2.15. The minimum absolute atomic E-state index is 0.0259. The highest BCUT2D eigenvalue weighted by atomic mass is 16.7. The highest BCUT2D eigenvalue weighted by molar-refractivity contribution is 5.98. The first kappa shape index (κ1) is 15.6. The van der Waals surface area contributed by atoms with Gasteiger partial charge in [0.05, 0.1) is 11.7 Å². The molecule has 0 saturated heterocycles. The molecule has 0 atom stereocenters. The number of ether oxygens (including phenoxy) is 1. The zero-order chi connectivity index (χ0) is 15.9. The van der Waals surface area contributed by atoms with Gasteiger partial charge in [0.15, 0.2) is 5.84 Å². The van der Waals surface area contributed by atoms with Crippen LogP contribution in [0.5, 0.6) is 5.75 Å². The third kappa shape index (κ3) is 4.34. The summed E-state index contributed by atoms with van der Waals surface area (Å²) in [6.45, 7) is 3.83. The van der Waals surface area contributed by atoms with Gasteiger partial charge in [0.25, 0.3) is 0 Å². The number of hydrogen-bond acceptors (Lipinski definition) is 4. The lowest BCUT2D eigenvalue weighted by atomic mass is 10.2. The van der Waals surface area contributed by atoms with E-state index in [0.717, 1.165) is 0 Å². The van der Waals surface area contributed by atoms with Crippen LogP contribution in [0, 0.1) is 0 Å². The number of hydrogen-bond donors (Lipinski definition) is 1. The Kier molecular flexibility index (Phi) is 5.14. The predicted octanol–water partition coefficient (Wildman–Crippen LogP) is 2.95. The molecule has 0 aliphatic rings. The molecular formula is C17H18N2O3. The van der Waals surface area contributed by atoms with Crippen LogP contribution in [0.15, 0.2) is 59.8 Å². The van der Waals surface area contributed by atoms with Crippen LogP contribution in [0.25, 0.3) is 0 Å². The van der Waals surface area contributed by atoms with Crippen LogP contribution in [0.3, 0.4) is 0 Å². The van der Waals surface area contributed by atoms with Gasteiger partial charge in [-0.25, -0.2) is 4.79 Å².